The van der Waals surface area contributed by atoms with Gasteiger partial charge in [0.15, 0.2) is 0 Å². The van der Waals surface area contributed by atoms with Crippen LogP contribution in [0, 0.1) is 6.92 Å². The Morgan fingerprint density at radius 2 is 2.10 bits per heavy atom. The van der Waals surface area contributed by atoms with Gasteiger partial charge in [-0.3, -0.25) is 4.79 Å². The van der Waals surface area contributed by atoms with E-state index in [1.54, 1.807) is 30.2 Å². The second kappa shape index (κ2) is 7.47. The average Bonchev–Trinajstić information content (AvgIpc) is 2.79. The summed E-state index contributed by atoms with van der Waals surface area (Å²) in [7, 11) is 1.67. The predicted octanol–water partition coefficient (Wildman–Crippen LogP) is 2.82. The molecule has 0 spiro atoms. The number of hydrogen-bond acceptors (Lipinski definition) is 5. The van der Waals surface area contributed by atoms with Gasteiger partial charge < -0.3 is 10.5 Å². The minimum absolute atomic E-state index is 0.280. The summed E-state index contributed by atoms with van der Waals surface area (Å²) in [6.45, 7) is 1.92. The Morgan fingerprint density at radius 3 is 2.71 bits per heavy atom. The number of benzene rings is 1. The van der Waals surface area contributed by atoms with Crippen molar-refractivity contribution in [3.8, 4) is 5.75 Å². The van der Waals surface area contributed by atoms with E-state index < -0.39 is 0 Å². The second-order valence-corrected chi connectivity index (χ2v) is 7.00. The van der Waals surface area contributed by atoms with E-state index in [1.165, 1.54) is 5.56 Å². The minimum atomic E-state index is -0.309. The zero-order valence-electron chi connectivity index (χ0n) is 12.1. The first-order chi connectivity index (χ1) is 10.1. The molecule has 1 aromatic carbocycles. The Morgan fingerprint density at radius 1 is 1.38 bits per heavy atom. The second-order valence-electron chi connectivity index (χ2n) is 4.58. The fourth-order valence-corrected chi connectivity index (χ4v) is 4.14. The van der Waals surface area contributed by atoms with E-state index in [0.717, 1.165) is 32.8 Å². The summed E-state index contributed by atoms with van der Waals surface area (Å²) < 4.78 is 6.14. The van der Waals surface area contributed by atoms with Crippen LogP contribution in [-0.2, 0) is 17.6 Å². The van der Waals surface area contributed by atoms with Gasteiger partial charge in [-0.1, -0.05) is 23.9 Å². The SMILES string of the molecule is COc1ccc(CCSc2nc(C)c(CC(N)=O)s2)cc1. The van der Waals surface area contributed by atoms with Gasteiger partial charge in [0.05, 0.1) is 19.2 Å². The first-order valence-corrected chi connectivity index (χ1v) is 8.39. The van der Waals surface area contributed by atoms with E-state index in [4.69, 9.17) is 10.5 Å². The Hall–Kier alpha value is -1.53. The van der Waals surface area contributed by atoms with Crippen LogP contribution in [0.4, 0.5) is 0 Å². The lowest BCUT2D eigenvalue weighted by atomic mass is 10.2. The number of aromatic nitrogens is 1. The van der Waals surface area contributed by atoms with Gasteiger partial charge in [-0.25, -0.2) is 4.98 Å². The molecule has 2 rings (SSSR count). The van der Waals surface area contributed by atoms with Crippen LogP contribution in [0.1, 0.15) is 16.1 Å². The van der Waals surface area contributed by atoms with Crippen molar-refractivity contribution in [2.45, 2.75) is 24.1 Å². The van der Waals surface area contributed by atoms with E-state index in [0.29, 0.717) is 0 Å². The van der Waals surface area contributed by atoms with Crippen LogP contribution in [0.3, 0.4) is 0 Å². The summed E-state index contributed by atoms with van der Waals surface area (Å²) in [4.78, 5) is 16.4. The molecule has 2 N–H and O–H groups in total. The van der Waals surface area contributed by atoms with Gasteiger partial charge in [0.1, 0.15) is 10.1 Å². The smallest absolute Gasteiger partial charge is 0.222 e. The number of hydrogen-bond donors (Lipinski definition) is 1. The van der Waals surface area contributed by atoms with Gasteiger partial charge in [-0.15, -0.1) is 11.3 Å². The number of thiazole rings is 1. The Kier molecular flexibility index (Phi) is 5.64. The number of ether oxygens (including phenoxy) is 1. The van der Waals surface area contributed by atoms with E-state index in [9.17, 15) is 4.79 Å². The number of thioether (sulfide) groups is 1. The van der Waals surface area contributed by atoms with Crippen LogP contribution >= 0.6 is 23.1 Å². The van der Waals surface area contributed by atoms with Crippen LogP contribution in [0.5, 0.6) is 5.75 Å². The fraction of sp³-hybridized carbons (Fsp3) is 0.333. The first-order valence-electron chi connectivity index (χ1n) is 6.59. The summed E-state index contributed by atoms with van der Waals surface area (Å²) in [6, 6.07) is 8.09. The molecule has 1 amide bonds. The summed E-state index contributed by atoms with van der Waals surface area (Å²) in [5.74, 6) is 1.52. The quantitative estimate of drug-likeness (QED) is 0.796. The number of amides is 1. The van der Waals surface area contributed by atoms with Crippen molar-refractivity contribution in [2.75, 3.05) is 12.9 Å². The third-order valence-electron chi connectivity index (χ3n) is 2.98. The first kappa shape index (κ1) is 15.9. The van der Waals surface area contributed by atoms with Crippen molar-refractivity contribution in [1.82, 2.24) is 4.98 Å². The van der Waals surface area contributed by atoms with Crippen LogP contribution in [0.15, 0.2) is 28.6 Å². The maximum Gasteiger partial charge on any atom is 0.222 e. The average molecular weight is 322 g/mol. The number of nitrogens with zero attached hydrogens (tertiary/aromatic N) is 1. The Bertz CT molecular complexity index is 609. The minimum Gasteiger partial charge on any atom is -0.497 e. The van der Waals surface area contributed by atoms with Crippen LogP contribution in [0.25, 0.3) is 0 Å². The lowest BCUT2D eigenvalue weighted by Gasteiger charge is -2.02. The molecule has 21 heavy (non-hydrogen) atoms. The molecule has 112 valence electrons. The van der Waals surface area contributed by atoms with Gasteiger partial charge in [0.2, 0.25) is 5.91 Å². The largest absolute Gasteiger partial charge is 0.497 e. The highest BCUT2D eigenvalue weighted by Gasteiger charge is 2.10. The monoisotopic (exact) mass is 322 g/mol. The highest BCUT2D eigenvalue weighted by molar-refractivity contribution is 8.01. The molecule has 0 aliphatic carbocycles. The highest BCUT2D eigenvalue weighted by atomic mass is 32.2. The predicted molar refractivity (Wildman–Crippen MR) is 87.2 cm³/mol. The molecule has 0 aliphatic heterocycles. The Balaban J connectivity index is 1.86. The molecule has 2 aromatic rings. The third kappa shape index (κ3) is 4.75. The lowest BCUT2D eigenvalue weighted by Crippen LogP contribution is -2.13. The molecule has 0 atom stereocenters. The number of nitrogens with two attached hydrogens (primary N) is 1. The third-order valence-corrected chi connectivity index (χ3v) is 5.29. The number of rotatable bonds is 7. The van der Waals surface area contributed by atoms with Crippen molar-refractivity contribution >= 4 is 29.0 Å². The van der Waals surface area contributed by atoms with E-state index in [2.05, 4.69) is 17.1 Å². The van der Waals surface area contributed by atoms with Crippen molar-refractivity contribution in [3.63, 3.8) is 0 Å². The van der Waals surface area contributed by atoms with Gasteiger partial charge in [0, 0.05) is 10.6 Å². The summed E-state index contributed by atoms with van der Waals surface area (Å²) in [5, 5.41) is 0. The topological polar surface area (TPSA) is 65.2 Å². The molecule has 6 heteroatoms. The molecular formula is C15H18N2O2S2. The standard InChI is InChI=1S/C15H18N2O2S2/c1-10-13(9-14(16)18)21-15(17-10)20-8-7-11-3-5-12(19-2)6-4-11/h3-6H,7-9H2,1-2H3,(H2,16,18). The number of methoxy groups -OCH3 is 1. The van der Waals surface area contributed by atoms with Gasteiger partial charge in [-0.05, 0) is 31.0 Å². The lowest BCUT2D eigenvalue weighted by molar-refractivity contribution is -0.117. The summed E-state index contributed by atoms with van der Waals surface area (Å²) in [5.41, 5.74) is 7.41. The molecule has 0 saturated carbocycles. The summed E-state index contributed by atoms with van der Waals surface area (Å²) in [6.07, 6.45) is 1.25. The molecule has 1 aromatic heterocycles. The molecule has 0 fully saturated rings. The molecule has 0 saturated heterocycles. The molecule has 0 radical (unpaired) electrons. The van der Waals surface area contributed by atoms with Gasteiger partial charge >= 0.3 is 0 Å². The van der Waals surface area contributed by atoms with Crippen LogP contribution < -0.4 is 10.5 Å². The zero-order valence-corrected chi connectivity index (χ0v) is 13.7. The molecule has 4 nitrogen and oxygen atoms in total. The maximum absolute atomic E-state index is 11.0. The number of carbonyl (C=O) groups excluding carboxylic acids is 1. The van der Waals surface area contributed by atoms with Crippen molar-refractivity contribution in [3.05, 3.63) is 40.4 Å². The van der Waals surface area contributed by atoms with Crippen LogP contribution in [0.2, 0.25) is 0 Å². The van der Waals surface area contributed by atoms with Crippen molar-refractivity contribution in [1.29, 1.82) is 0 Å². The van der Waals surface area contributed by atoms with Crippen LogP contribution in [-0.4, -0.2) is 23.8 Å². The van der Waals surface area contributed by atoms with Gasteiger partial charge in [-0.2, -0.15) is 0 Å². The number of aryl methyl sites for hydroxylation is 2. The van der Waals surface area contributed by atoms with E-state index in [1.807, 2.05) is 19.1 Å². The van der Waals surface area contributed by atoms with Gasteiger partial charge in [0.25, 0.3) is 0 Å². The fourth-order valence-electron chi connectivity index (χ4n) is 1.83. The number of primary amides is 1. The van der Waals surface area contributed by atoms with Crippen molar-refractivity contribution in [2.24, 2.45) is 5.73 Å². The summed E-state index contributed by atoms with van der Waals surface area (Å²) >= 11 is 3.27. The van der Waals surface area contributed by atoms with E-state index in [-0.39, 0.29) is 12.3 Å². The maximum atomic E-state index is 11.0. The molecular weight excluding hydrogens is 304 g/mol. The van der Waals surface area contributed by atoms with E-state index >= 15 is 0 Å². The Labute approximate surface area is 132 Å². The molecule has 0 aliphatic rings. The molecule has 1 heterocycles. The number of carbonyl (C=O) groups is 1. The highest BCUT2D eigenvalue weighted by Crippen LogP contribution is 2.28. The zero-order chi connectivity index (χ0) is 15.2. The normalized spacial score (nSPS) is 10.6. The van der Waals surface area contributed by atoms with Crippen molar-refractivity contribution < 1.29 is 9.53 Å². The molecule has 0 unspecified atom stereocenters. The molecule has 0 bridgehead atoms.